The molecule has 1 heterocycles. The number of hydrogen-bond donors (Lipinski definition) is 4. The number of rotatable bonds is 12. The van der Waals surface area contributed by atoms with Gasteiger partial charge in [-0.3, -0.25) is 14.4 Å². The minimum atomic E-state index is -1.11. The number of thioether (sulfide) groups is 1. The first-order valence-electron chi connectivity index (χ1n) is 10.9. The van der Waals surface area contributed by atoms with Crippen LogP contribution in [0.2, 0.25) is 0 Å². The molecule has 1 saturated heterocycles. The number of carbonyl (C=O) groups is 4. The highest BCUT2D eigenvalue weighted by atomic mass is 32.2. The summed E-state index contributed by atoms with van der Waals surface area (Å²) >= 11 is 1.56. The summed E-state index contributed by atoms with van der Waals surface area (Å²) in [5, 5.41) is 14.7. The Balaban J connectivity index is 2.92. The fraction of sp³-hybridized carbons (Fsp3) is 0.810. The van der Waals surface area contributed by atoms with Gasteiger partial charge < -0.3 is 26.4 Å². The summed E-state index contributed by atoms with van der Waals surface area (Å²) in [4.78, 5) is 51.5. The Kier molecular flexibility index (Phi) is 11.3. The summed E-state index contributed by atoms with van der Waals surface area (Å²) in [6.07, 6.45) is 3.94. The van der Waals surface area contributed by atoms with Crippen LogP contribution in [0.1, 0.15) is 53.4 Å². The van der Waals surface area contributed by atoms with E-state index in [1.807, 2.05) is 20.1 Å². The largest absolute Gasteiger partial charge is 0.480 e. The molecule has 1 aliphatic heterocycles. The summed E-state index contributed by atoms with van der Waals surface area (Å²) in [5.41, 5.74) is 5.97. The van der Waals surface area contributed by atoms with Gasteiger partial charge in [0.15, 0.2) is 0 Å². The lowest BCUT2D eigenvalue weighted by Gasteiger charge is -2.30. The first kappa shape index (κ1) is 27.2. The van der Waals surface area contributed by atoms with Crippen LogP contribution in [0.15, 0.2) is 0 Å². The molecule has 31 heavy (non-hydrogen) atoms. The lowest BCUT2D eigenvalue weighted by Crippen LogP contribution is -2.57. The highest BCUT2D eigenvalue weighted by Gasteiger charge is 2.39. The average Bonchev–Trinajstić information content (AvgIpc) is 3.17. The second-order valence-corrected chi connectivity index (χ2v) is 9.82. The molecule has 4 atom stereocenters. The SMILES string of the molecule is CSCCC(NC(=O)C(N)CC(C)C)C(=O)N1CCCC1C(=O)NC(C(=O)O)C(C)C. The van der Waals surface area contributed by atoms with E-state index >= 15 is 0 Å². The Morgan fingerprint density at radius 3 is 2.32 bits per heavy atom. The van der Waals surface area contributed by atoms with Crippen molar-refractivity contribution < 1.29 is 24.3 Å². The second kappa shape index (κ2) is 12.9. The van der Waals surface area contributed by atoms with E-state index in [-0.39, 0.29) is 23.7 Å². The summed E-state index contributed by atoms with van der Waals surface area (Å²) in [7, 11) is 0. The highest BCUT2D eigenvalue weighted by molar-refractivity contribution is 7.98. The molecule has 3 amide bonds. The number of nitrogens with zero attached hydrogens (tertiary/aromatic N) is 1. The van der Waals surface area contributed by atoms with E-state index in [9.17, 15) is 24.3 Å². The lowest BCUT2D eigenvalue weighted by molar-refractivity contribution is -0.145. The van der Waals surface area contributed by atoms with Crippen molar-refractivity contribution >= 4 is 35.5 Å². The predicted octanol–water partition coefficient (Wildman–Crippen LogP) is 0.814. The molecule has 1 fully saturated rings. The molecule has 0 spiro atoms. The molecule has 5 N–H and O–H groups in total. The normalized spacial score (nSPS) is 19.2. The van der Waals surface area contributed by atoms with Crippen molar-refractivity contribution in [3.05, 3.63) is 0 Å². The molecule has 0 aromatic rings. The average molecular weight is 459 g/mol. The Bertz CT molecular complexity index is 643. The number of hydrogen-bond acceptors (Lipinski definition) is 6. The van der Waals surface area contributed by atoms with Gasteiger partial charge in [-0.15, -0.1) is 0 Å². The van der Waals surface area contributed by atoms with Crippen LogP contribution in [0.4, 0.5) is 0 Å². The van der Waals surface area contributed by atoms with Gasteiger partial charge in [-0.05, 0) is 49.5 Å². The molecule has 0 saturated carbocycles. The van der Waals surface area contributed by atoms with Crippen molar-refractivity contribution in [3.8, 4) is 0 Å². The van der Waals surface area contributed by atoms with Crippen molar-refractivity contribution in [2.75, 3.05) is 18.6 Å². The molecule has 0 bridgehead atoms. The second-order valence-electron chi connectivity index (χ2n) is 8.84. The molecule has 1 rings (SSSR count). The Hall–Kier alpha value is -1.81. The van der Waals surface area contributed by atoms with E-state index in [4.69, 9.17) is 5.73 Å². The number of likely N-dealkylation sites (tertiary alicyclic amines) is 1. The summed E-state index contributed by atoms with van der Waals surface area (Å²) < 4.78 is 0. The van der Waals surface area contributed by atoms with Crippen LogP contribution in [0.5, 0.6) is 0 Å². The maximum absolute atomic E-state index is 13.3. The van der Waals surface area contributed by atoms with E-state index < -0.39 is 36.0 Å². The lowest BCUT2D eigenvalue weighted by atomic mass is 10.0. The maximum atomic E-state index is 13.3. The van der Waals surface area contributed by atoms with E-state index in [2.05, 4.69) is 10.6 Å². The van der Waals surface area contributed by atoms with E-state index in [1.54, 1.807) is 25.6 Å². The third kappa shape index (κ3) is 8.33. The summed E-state index contributed by atoms with van der Waals surface area (Å²) in [5.74, 6) is -1.66. The zero-order chi connectivity index (χ0) is 23.7. The third-order valence-electron chi connectivity index (χ3n) is 5.36. The van der Waals surface area contributed by atoms with Gasteiger partial charge in [0.1, 0.15) is 18.1 Å². The van der Waals surface area contributed by atoms with Crippen molar-refractivity contribution in [3.63, 3.8) is 0 Å². The molecular formula is C21H38N4O5S. The molecule has 9 nitrogen and oxygen atoms in total. The van der Waals surface area contributed by atoms with Gasteiger partial charge in [0.2, 0.25) is 17.7 Å². The van der Waals surface area contributed by atoms with Crippen molar-refractivity contribution in [1.29, 1.82) is 0 Å². The molecule has 178 valence electrons. The molecule has 0 aromatic carbocycles. The minimum Gasteiger partial charge on any atom is -0.480 e. The molecular weight excluding hydrogens is 420 g/mol. The van der Waals surface area contributed by atoms with Gasteiger partial charge in [-0.25, -0.2) is 4.79 Å². The minimum absolute atomic E-state index is 0.246. The van der Waals surface area contributed by atoms with Crippen LogP contribution in [0.25, 0.3) is 0 Å². The fourth-order valence-corrected chi connectivity index (χ4v) is 4.12. The van der Waals surface area contributed by atoms with Crippen LogP contribution in [-0.2, 0) is 19.2 Å². The first-order chi connectivity index (χ1) is 14.5. The van der Waals surface area contributed by atoms with Crippen LogP contribution in [0, 0.1) is 11.8 Å². The van der Waals surface area contributed by atoms with Gasteiger partial charge in [-0.1, -0.05) is 27.7 Å². The predicted molar refractivity (Wildman–Crippen MR) is 121 cm³/mol. The van der Waals surface area contributed by atoms with E-state index in [0.717, 1.165) is 0 Å². The van der Waals surface area contributed by atoms with Crippen LogP contribution in [0.3, 0.4) is 0 Å². The van der Waals surface area contributed by atoms with Gasteiger partial charge in [-0.2, -0.15) is 11.8 Å². The molecule has 0 radical (unpaired) electrons. The Labute approximate surface area is 189 Å². The Morgan fingerprint density at radius 2 is 1.81 bits per heavy atom. The molecule has 1 aliphatic rings. The van der Waals surface area contributed by atoms with Gasteiger partial charge in [0.25, 0.3) is 0 Å². The number of carbonyl (C=O) groups excluding carboxylic acids is 3. The molecule has 4 unspecified atom stereocenters. The van der Waals surface area contributed by atoms with Crippen LogP contribution < -0.4 is 16.4 Å². The zero-order valence-corrected chi connectivity index (χ0v) is 20.0. The van der Waals surface area contributed by atoms with Gasteiger partial charge in [0.05, 0.1) is 6.04 Å². The number of nitrogens with two attached hydrogens (primary N) is 1. The van der Waals surface area contributed by atoms with Crippen LogP contribution >= 0.6 is 11.8 Å². The standard InChI is InChI=1S/C21H38N4O5S/c1-12(2)11-14(22)18(26)23-15(8-10-31-5)20(28)25-9-6-7-16(25)19(27)24-17(13(3)4)21(29)30/h12-17H,6-11,22H2,1-5H3,(H,23,26)(H,24,27)(H,29,30). The van der Waals surface area contributed by atoms with Gasteiger partial charge >= 0.3 is 5.97 Å². The van der Waals surface area contributed by atoms with E-state index in [1.165, 1.54) is 4.90 Å². The molecule has 0 aliphatic carbocycles. The monoisotopic (exact) mass is 458 g/mol. The first-order valence-corrected chi connectivity index (χ1v) is 12.3. The van der Waals surface area contributed by atoms with E-state index in [0.29, 0.717) is 38.0 Å². The van der Waals surface area contributed by atoms with Crippen LogP contribution in [-0.4, -0.2) is 76.4 Å². The van der Waals surface area contributed by atoms with Crippen molar-refractivity contribution in [1.82, 2.24) is 15.5 Å². The summed E-state index contributed by atoms with van der Waals surface area (Å²) in [6.45, 7) is 7.76. The molecule has 10 heteroatoms. The highest BCUT2D eigenvalue weighted by Crippen LogP contribution is 2.20. The molecule has 0 aromatic heterocycles. The smallest absolute Gasteiger partial charge is 0.326 e. The fourth-order valence-electron chi connectivity index (χ4n) is 3.65. The maximum Gasteiger partial charge on any atom is 0.326 e. The zero-order valence-electron chi connectivity index (χ0n) is 19.2. The summed E-state index contributed by atoms with van der Waals surface area (Å²) in [6, 6.07) is -3.24. The third-order valence-corrected chi connectivity index (χ3v) is 6.00. The number of amides is 3. The topological polar surface area (TPSA) is 142 Å². The van der Waals surface area contributed by atoms with Crippen molar-refractivity contribution in [2.45, 2.75) is 77.5 Å². The number of carboxylic acid groups (broad SMARTS) is 1. The number of aliphatic carboxylic acids is 1. The quantitative estimate of drug-likeness (QED) is 0.339. The Morgan fingerprint density at radius 1 is 1.16 bits per heavy atom. The van der Waals surface area contributed by atoms with Gasteiger partial charge in [0, 0.05) is 6.54 Å². The number of carboxylic acids is 1. The number of nitrogens with one attached hydrogen (secondary N) is 2. The van der Waals surface area contributed by atoms with Crippen molar-refractivity contribution in [2.24, 2.45) is 17.6 Å².